The highest BCUT2D eigenvalue weighted by Crippen LogP contribution is 2.59. The van der Waals surface area contributed by atoms with Crippen molar-refractivity contribution in [2.24, 2.45) is 5.92 Å². The highest BCUT2D eigenvalue weighted by molar-refractivity contribution is 5.38. The molecule has 0 aliphatic carbocycles. The maximum Gasteiger partial charge on any atom is 0.159 e. The third-order valence-electron chi connectivity index (χ3n) is 5.73. The number of nitrogens with zero attached hydrogens (tertiary/aromatic N) is 3. The molecule has 2 fully saturated rings. The standard InChI is InChI=1S/C14H21N3O2/c1-4-17-6-9-5-10-12-11(8(2)15-19-12)13(18)14(9,7-17)16(10)3/h9-10,13,18H,4-7H2,1-3H3/t9-,10-,13+,14+/m0/s1. The predicted octanol–water partition coefficient (Wildman–Crippen LogP) is 1.10. The van der Waals surface area contributed by atoms with Gasteiger partial charge >= 0.3 is 0 Å². The molecule has 1 spiro atoms. The minimum atomic E-state index is -0.473. The fraction of sp³-hybridized carbons (Fsp3) is 0.786. The van der Waals surface area contributed by atoms with Crippen LogP contribution in [0.25, 0.3) is 0 Å². The number of aryl methyl sites for hydroxylation is 1. The summed E-state index contributed by atoms with van der Waals surface area (Å²) in [6.07, 6.45) is 0.602. The number of likely N-dealkylation sites (N-methyl/N-ethyl adjacent to an activating group) is 2. The Morgan fingerprint density at radius 1 is 1.53 bits per heavy atom. The van der Waals surface area contributed by atoms with Crippen LogP contribution < -0.4 is 0 Å². The van der Waals surface area contributed by atoms with E-state index in [1.807, 2.05) is 6.92 Å². The van der Waals surface area contributed by atoms with Crippen LogP contribution in [0.15, 0.2) is 4.52 Å². The summed E-state index contributed by atoms with van der Waals surface area (Å²) in [5, 5.41) is 15.1. The van der Waals surface area contributed by atoms with Crippen LogP contribution in [0.3, 0.4) is 0 Å². The molecule has 3 aliphatic heterocycles. The summed E-state index contributed by atoms with van der Waals surface area (Å²) in [7, 11) is 2.13. The summed E-state index contributed by atoms with van der Waals surface area (Å²) >= 11 is 0. The first-order chi connectivity index (χ1) is 9.09. The van der Waals surface area contributed by atoms with Crippen LogP contribution in [0.5, 0.6) is 0 Å². The van der Waals surface area contributed by atoms with Crippen molar-refractivity contribution in [1.29, 1.82) is 0 Å². The molecule has 3 aliphatic rings. The molecule has 19 heavy (non-hydrogen) atoms. The van der Waals surface area contributed by atoms with Crippen molar-refractivity contribution in [1.82, 2.24) is 15.0 Å². The van der Waals surface area contributed by atoms with E-state index in [-0.39, 0.29) is 5.54 Å². The normalized spacial score (nSPS) is 41.6. The first kappa shape index (κ1) is 11.9. The predicted molar refractivity (Wildman–Crippen MR) is 69.7 cm³/mol. The first-order valence-corrected chi connectivity index (χ1v) is 7.19. The first-order valence-electron chi connectivity index (χ1n) is 7.19. The molecule has 0 aromatic carbocycles. The molecule has 2 saturated heterocycles. The molecule has 2 bridgehead atoms. The zero-order valence-corrected chi connectivity index (χ0v) is 11.8. The Bertz CT molecular complexity index is 529. The number of rotatable bonds is 1. The number of hydrogen-bond donors (Lipinski definition) is 1. The van der Waals surface area contributed by atoms with E-state index in [2.05, 4.69) is 28.9 Å². The summed E-state index contributed by atoms with van der Waals surface area (Å²) in [4.78, 5) is 4.80. The quantitative estimate of drug-likeness (QED) is 0.822. The van der Waals surface area contributed by atoms with Gasteiger partial charge in [-0.15, -0.1) is 0 Å². The van der Waals surface area contributed by atoms with Gasteiger partial charge in [-0.05, 0) is 32.9 Å². The van der Waals surface area contributed by atoms with Crippen LogP contribution in [0.1, 0.15) is 42.5 Å². The number of aliphatic hydroxyl groups excluding tert-OH is 1. The number of fused-ring (bicyclic) bond motifs is 3. The third-order valence-corrected chi connectivity index (χ3v) is 5.73. The van der Waals surface area contributed by atoms with Crippen LogP contribution >= 0.6 is 0 Å². The number of aliphatic hydroxyl groups is 1. The van der Waals surface area contributed by atoms with Crippen molar-refractivity contribution >= 4 is 0 Å². The summed E-state index contributed by atoms with van der Waals surface area (Å²) in [6, 6.07) is 0.295. The van der Waals surface area contributed by atoms with Gasteiger partial charge in [-0.3, -0.25) is 4.90 Å². The molecule has 5 heteroatoms. The highest BCUT2D eigenvalue weighted by Gasteiger charge is 2.65. The van der Waals surface area contributed by atoms with E-state index in [9.17, 15) is 5.11 Å². The molecule has 5 nitrogen and oxygen atoms in total. The molecule has 1 aromatic rings. The van der Waals surface area contributed by atoms with Gasteiger partial charge in [0.1, 0.15) is 6.10 Å². The van der Waals surface area contributed by atoms with Crippen LogP contribution in [0.4, 0.5) is 0 Å². The lowest BCUT2D eigenvalue weighted by molar-refractivity contribution is -0.0366. The molecule has 0 amide bonds. The molecule has 0 radical (unpaired) electrons. The monoisotopic (exact) mass is 263 g/mol. The van der Waals surface area contributed by atoms with E-state index < -0.39 is 6.10 Å². The van der Waals surface area contributed by atoms with Gasteiger partial charge in [-0.25, -0.2) is 0 Å². The van der Waals surface area contributed by atoms with E-state index in [0.717, 1.165) is 43.1 Å². The number of aromatic nitrogens is 1. The van der Waals surface area contributed by atoms with E-state index in [1.54, 1.807) is 0 Å². The van der Waals surface area contributed by atoms with Crippen molar-refractivity contribution < 1.29 is 9.63 Å². The lowest BCUT2D eigenvalue weighted by Gasteiger charge is -2.45. The fourth-order valence-corrected chi connectivity index (χ4v) is 4.66. The second-order valence-electron chi connectivity index (χ2n) is 6.33. The summed E-state index contributed by atoms with van der Waals surface area (Å²) in [6.45, 7) is 7.23. The van der Waals surface area contributed by atoms with Gasteiger partial charge in [0, 0.05) is 18.7 Å². The van der Waals surface area contributed by atoms with E-state index in [1.165, 1.54) is 0 Å². The van der Waals surface area contributed by atoms with Crippen molar-refractivity contribution in [2.45, 2.75) is 38.0 Å². The lowest BCUT2D eigenvalue weighted by Crippen LogP contribution is -2.55. The Hall–Kier alpha value is -0.910. The zero-order chi connectivity index (χ0) is 13.4. The molecule has 104 valence electrons. The smallest absolute Gasteiger partial charge is 0.159 e. The van der Waals surface area contributed by atoms with Gasteiger partial charge < -0.3 is 14.5 Å². The Morgan fingerprint density at radius 2 is 2.32 bits per heavy atom. The van der Waals surface area contributed by atoms with Crippen LogP contribution in [-0.4, -0.2) is 52.3 Å². The Kier molecular flexibility index (Phi) is 2.25. The zero-order valence-electron chi connectivity index (χ0n) is 11.8. The van der Waals surface area contributed by atoms with E-state index >= 15 is 0 Å². The van der Waals surface area contributed by atoms with Gasteiger partial charge in [0.25, 0.3) is 0 Å². The highest BCUT2D eigenvalue weighted by atomic mass is 16.5. The van der Waals surface area contributed by atoms with Crippen molar-refractivity contribution in [3.63, 3.8) is 0 Å². The molecule has 4 heterocycles. The second kappa shape index (κ2) is 3.59. The molecule has 4 atom stereocenters. The number of likely N-dealkylation sites (tertiary alicyclic amines) is 1. The van der Waals surface area contributed by atoms with Crippen molar-refractivity contribution in [2.75, 3.05) is 26.7 Å². The largest absolute Gasteiger partial charge is 0.386 e. The van der Waals surface area contributed by atoms with Gasteiger partial charge in [0.05, 0.1) is 17.3 Å². The Morgan fingerprint density at radius 3 is 3.05 bits per heavy atom. The summed E-state index contributed by atoms with van der Waals surface area (Å²) < 4.78 is 5.51. The van der Waals surface area contributed by atoms with E-state index in [0.29, 0.717) is 12.0 Å². The van der Waals surface area contributed by atoms with Gasteiger partial charge in [0.15, 0.2) is 5.76 Å². The van der Waals surface area contributed by atoms with Gasteiger partial charge in [-0.1, -0.05) is 12.1 Å². The maximum atomic E-state index is 11.0. The molecule has 1 N–H and O–H groups in total. The molecule has 0 saturated carbocycles. The van der Waals surface area contributed by atoms with E-state index in [4.69, 9.17) is 4.52 Å². The van der Waals surface area contributed by atoms with Gasteiger partial charge in [0.2, 0.25) is 0 Å². The minimum absolute atomic E-state index is 0.135. The topological polar surface area (TPSA) is 52.7 Å². The maximum absolute atomic E-state index is 11.0. The molecule has 1 aromatic heterocycles. The SMILES string of the molecule is CCN1C[C@@H]2C[C@H]3c4onc(C)c4[C@@H](O)[C@]2(C1)N3C. The fourth-order valence-electron chi connectivity index (χ4n) is 4.66. The van der Waals surface area contributed by atoms with Crippen LogP contribution in [0.2, 0.25) is 0 Å². The minimum Gasteiger partial charge on any atom is -0.386 e. The Balaban J connectivity index is 1.87. The molecular weight excluding hydrogens is 242 g/mol. The third kappa shape index (κ3) is 1.19. The second-order valence-corrected chi connectivity index (χ2v) is 6.33. The molecule has 0 unspecified atom stereocenters. The average molecular weight is 263 g/mol. The summed E-state index contributed by atoms with van der Waals surface area (Å²) in [5.74, 6) is 1.43. The van der Waals surface area contributed by atoms with Gasteiger partial charge in [-0.2, -0.15) is 0 Å². The molecule has 4 rings (SSSR count). The van der Waals surface area contributed by atoms with Crippen LogP contribution in [-0.2, 0) is 0 Å². The van der Waals surface area contributed by atoms with Crippen LogP contribution in [0, 0.1) is 12.8 Å². The number of hydrogen-bond acceptors (Lipinski definition) is 5. The lowest BCUT2D eigenvalue weighted by atomic mass is 9.79. The Labute approximate surface area is 113 Å². The van der Waals surface area contributed by atoms with Crippen molar-refractivity contribution in [3.8, 4) is 0 Å². The van der Waals surface area contributed by atoms with Crippen molar-refractivity contribution in [3.05, 3.63) is 17.0 Å². The average Bonchev–Trinajstić information content (AvgIpc) is 2.99. The summed E-state index contributed by atoms with van der Waals surface area (Å²) in [5.41, 5.74) is 1.68. The molecular formula is C14H21N3O2.